The summed E-state index contributed by atoms with van der Waals surface area (Å²) < 4.78 is 0. The molecule has 128 valence electrons. The Morgan fingerprint density at radius 1 is 0.840 bits per heavy atom. The number of nitrogens with zero attached hydrogens (tertiary/aromatic N) is 2. The molecule has 0 amide bonds. The normalized spacial score (nSPS) is 17.4. The van der Waals surface area contributed by atoms with Gasteiger partial charge >= 0.3 is 0 Å². The summed E-state index contributed by atoms with van der Waals surface area (Å²) in [5.74, 6) is 12.5. The molecule has 0 saturated carbocycles. The third-order valence-electron chi connectivity index (χ3n) is 5.57. The Morgan fingerprint density at radius 2 is 1.44 bits per heavy atom. The Kier molecular flexibility index (Phi) is 3.25. The quantitative estimate of drug-likeness (QED) is 0.698. The average molecular weight is 336 g/mol. The maximum absolute atomic E-state index is 13.2. The minimum absolute atomic E-state index is 0.157. The summed E-state index contributed by atoms with van der Waals surface area (Å²) >= 11 is 0. The molecule has 0 fully saturated rings. The number of carbonyl (C=O) groups excluding carboxylic acids is 2. The zero-order valence-electron chi connectivity index (χ0n) is 14.2. The molecular formula is C19H20N4O2. The van der Waals surface area contributed by atoms with Gasteiger partial charge in [0, 0.05) is 16.7 Å². The van der Waals surface area contributed by atoms with Crippen molar-refractivity contribution in [2.45, 2.75) is 32.4 Å². The van der Waals surface area contributed by atoms with Gasteiger partial charge in [-0.25, -0.2) is 11.7 Å². The van der Waals surface area contributed by atoms with E-state index in [0.717, 1.165) is 0 Å². The highest BCUT2D eigenvalue weighted by molar-refractivity contribution is 6.31. The fourth-order valence-corrected chi connectivity index (χ4v) is 4.08. The van der Waals surface area contributed by atoms with Crippen LogP contribution in [0.2, 0.25) is 0 Å². The average Bonchev–Trinajstić information content (AvgIpc) is 2.87. The highest BCUT2D eigenvalue weighted by Crippen LogP contribution is 2.49. The molecule has 1 heterocycles. The topological polar surface area (TPSA) is 92.7 Å². The number of anilines is 2. The minimum Gasteiger partial charge on any atom is -0.289 e. The monoisotopic (exact) mass is 336 g/mol. The van der Waals surface area contributed by atoms with Gasteiger partial charge in [-0.1, -0.05) is 38.1 Å². The molecule has 0 atom stereocenters. The van der Waals surface area contributed by atoms with Crippen LogP contribution in [0.3, 0.4) is 0 Å². The van der Waals surface area contributed by atoms with Crippen molar-refractivity contribution in [2.24, 2.45) is 11.7 Å². The van der Waals surface area contributed by atoms with Crippen LogP contribution in [0.25, 0.3) is 0 Å². The molecule has 0 spiro atoms. The van der Waals surface area contributed by atoms with E-state index in [1.807, 2.05) is 13.8 Å². The lowest BCUT2D eigenvalue weighted by Gasteiger charge is -2.40. The van der Waals surface area contributed by atoms with Crippen LogP contribution in [0.5, 0.6) is 0 Å². The van der Waals surface area contributed by atoms with Crippen LogP contribution in [-0.2, 0) is 0 Å². The standard InChI is InChI=1S/C19H20N4O2/c1-3-19(4-2)22(20)14-10-9-13-15(16(14)23(19)21)18(25)12-8-6-5-7-11(12)17(13)24/h5-10H,3-4,20-21H2,1-2H3. The summed E-state index contributed by atoms with van der Waals surface area (Å²) in [5, 5.41) is 3.20. The van der Waals surface area contributed by atoms with Gasteiger partial charge < -0.3 is 0 Å². The van der Waals surface area contributed by atoms with Gasteiger partial charge in [0.1, 0.15) is 5.66 Å². The van der Waals surface area contributed by atoms with Crippen molar-refractivity contribution in [3.8, 4) is 0 Å². The van der Waals surface area contributed by atoms with Crippen LogP contribution < -0.4 is 21.7 Å². The third kappa shape index (κ3) is 1.75. The fourth-order valence-electron chi connectivity index (χ4n) is 4.08. The second-order valence-electron chi connectivity index (χ2n) is 6.49. The van der Waals surface area contributed by atoms with Crippen molar-refractivity contribution in [1.29, 1.82) is 0 Å². The molecule has 25 heavy (non-hydrogen) atoms. The number of ketones is 2. The lowest BCUT2D eigenvalue weighted by atomic mass is 9.83. The number of carbonyl (C=O) groups is 2. The highest BCUT2D eigenvalue weighted by Gasteiger charge is 2.48. The molecule has 2 aromatic carbocycles. The minimum atomic E-state index is -0.613. The molecule has 1 aliphatic heterocycles. The van der Waals surface area contributed by atoms with E-state index in [4.69, 9.17) is 11.7 Å². The van der Waals surface area contributed by atoms with E-state index >= 15 is 0 Å². The first-order chi connectivity index (χ1) is 12.0. The lowest BCUT2D eigenvalue weighted by molar-refractivity contribution is 0.0979. The summed E-state index contributed by atoms with van der Waals surface area (Å²) in [5.41, 5.74) is 2.18. The van der Waals surface area contributed by atoms with E-state index in [1.165, 1.54) is 0 Å². The SMILES string of the molecule is CCC1(CC)N(N)c2ccc3c(c2N1N)C(=O)c1ccccc1C3=O. The van der Waals surface area contributed by atoms with Gasteiger partial charge in [-0.2, -0.15) is 0 Å². The number of hydrogen-bond donors (Lipinski definition) is 2. The molecular weight excluding hydrogens is 316 g/mol. The first-order valence-corrected chi connectivity index (χ1v) is 8.43. The number of hydrogen-bond acceptors (Lipinski definition) is 6. The second kappa shape index (κ2) is 5.15. The molecule has 0 bridgehead atoms. The molecule has 2 aliphatic rings. The molecule has 0 saturated heterocycles. The van der Waals surface area contributed by atoms with E-state index in [0.29, 0.717) is 46.5 Å². The summed E-state index contributed by atoms with van der Waals surface area (Å²) in [6.07, 6.45) is 1.36. The van der Waals surface area contributed by atoms with Gasteiger partial charge in [-0.05, 0) is 25.0 Å². The van der Waals surface area contributed by atoms with Crippen molar-refractivity contribution in [3.63, 3.8) is 0 Å². The first-order valence-electron chi connectivity index (χ1n) is 8.43. The van der Waals surface area contributed by atoms with Crippen LogP contribution in [-0.4, -0.2) is 17.2 Å². The summed E-state index contributed by atoms with van der Waals surface area (Å²) in [4.78, 5) is 26.0. The van der Waals surface area contributed by atoms with E-state index in [-0.39, 0.29) is 11.6 Å². The smallest absolute Gasteiger partial charge is 0.196 e. The number of benzene rings is 2. The van der Waals surface area contributed by atoms with Crippen LogP contribution in [0.1, 0.15) is 58.5 Å². The van der Waals surface area contributed by atoms with E-state index in [2.05, 4.69) is 0 Å². The van der Waals surface area contributed by atoms with Crippen molar-refractivity contribution >= 4 is 22.9 Å². The predicted molar refractivity (Wildman–Crippen MR) is 96.4 cm³/mol. The fraction of sp³-hybridized carbons (Fsp3) is 0.263. The molecule has 0 aromatic heterocycles. The van der Waals surface area contributed by atoms with E-state index in [9.17, 15) is 9.59 Å². The second-order valence-corrected chi connectivity index (χ2v) is 6.49. The van der Waals surface area contributed by atoms with Crippen molar-refractivity contribution in [3.05, 3.63) is 58.7 Å². The van der Waals surface area contributed by atoms with Crippen molar-refractivity contribution in [2.75, 3.05) is 10.0 Å². The van der Waals surface area contributed by atoms with Gasteiger partial charge in [0.05, 0.1) is 16.9 Å². The van der Waals surface area contributed by atoms with Crippen molar-refractivity contribution < 1.29 is 9.59 Å². The molecule has 2 aromatic rings. The maximum atomic E-state index is 13.2. The molecule has 6 nitrogen and oxygen atoms in total. The van der Waals surface area contributed by atoms with E-state index < -0.39 is 5.66 Å². The molecule has 4 rings (SSSR count). The predicted octanol–water partition coefficient (Wildman–Crippen LogP) is 2.35. The largest absolute Gasteiger partial charge is 0.289 e. The zero-order chi connectivity index (χ0) is 17.9. The molecule has 0 unspecified atom stereocenters. The van der Waals surface area contributed by atoms with Crippen molar-refractivity contribution in [1.82, 2.24) is 0 Å². The van der Waals surface area contributed by atoms with E-state index in [1.54, 1.807) is 46.4 Å². The Hall–Kier alpha value is -2.70. The number of rotatable bonds is 2. The van der Waals surface area contributed by atoms with Crippen LogP contribution >= 0.6 is 0 Å². The van der Waals surface area contributed by atoms with Crippen LogP contribution in [0.15, 0.2) is 36.4 Å². The summed E-state index contributed by atoms with van der Waals surface area (Å²) in [6.45, 7) is 4.01. The van der Waals surface area contributed by atoms with Crippen LogP contribution in [0.4, 0.5) is 11.4 Å². The number of hydrazine groups is 2. The number of nitrogens with two attached hydrogens (primary N) is 2. The third-order valence-corrected chi connectivity index (χ3v) is 5.57. The van der Waals surface area contributed by atoms with Gasteiger partial charge in [-0.15, -0.1) is 0 Å². The van der Waals surface area contributed by atoms with Gasteiger partial charge in [0.2, 0.25) is 0 Å². The van der Waals surface area contributed by atoms with Crippen LogP contribution in [0, 0.1) is 0 Å². The van der Waals surface area contributed by atoms with Gasteiger partial charge in [0.25, 0.3) is 0 Å². The van der Waals surface area contributed by atoms with Gasteiger partial charge in [0.15, 0.2) is 11.6 Å². The van der Waals surface area contributed by atoms with Gasteiger partial charge in [-0.3, -0.25) is 19.6 Å². The Balaban J connectivity index is 2.01. The zero-order valence-corrected chi connectivity index (χ0v) is 14.2. The summed E-state index contributed by atoms with van der Waals surface area (Å²) in [7, 11) is 0. The molecule has 0 radical (unpaired) electrons. The summed E-state index contributed by atoms with van der Waals surface area (Å²) in [6, 6.07) is 10.3. The Bertz CT molecular complexity index is 918. The molecule has 1 aliphatic carbocycles. The Labute approximate surface area is 145 Å². The number of fused-ring (bicyclic) bond motifs is 4. The Morgan fingerprint density at radius 3 is 2.04 bits per heavy atom. The molecule has 6 heteroatoms. The maximum Gasteiger partial charge on any atom is 0.196 e. The highest BCUT2D eigenvalue weighted by atomic mass is 16.1. The molecule has 4 N–H and O–H groups in total. The first kappa shape index (κ1) is 15.8. The lowest BCUT2D eigenvalue weighted by Crippen LogP contribution is -2.62.